The number of carbonyl (C=O) groups is 1. The van der Waals surface area contributed by atoms with Gasteiger partial charge in [-0.1, -0.05) is 6.58 Å². The molecular weight excluding hydrogens is 238 g/mol. The van der Waals surface area contributed by atoms with Crippen LogP contribution >= 0.6 is 0 Å². The number of nitrogens with zero attached hydrogens (tertiary/aromatic N) is 1. The van der Waals surface area contributed by atoms with Gasteiger partial charge in [0.05, 0.1) is 6.61 Å². The highest BCUT2D eigenvalue weighted by Gasteiger charge is 2.39. The van der Waals surface area contributed by atoms with Gasteiger partial charge in [0, 0.05) is 12.5 Å². The zero-order valence-corrected chi connectivity index (χ0v) is 11.4. The molecule has 0 amide bonds. The second-order valence-electron chi connectivity index (χ2n) is 5.00. The molecule has 0 bridgehead atoms. The van der Waals surface area contributed by atoms with Crippen molar-refractivity contribution in [2.75, 3.05) is 6.61 Å². The fourth-order valence-corrected chi connectivity index (χ4v) is 1.85. The van der Waals surface area contributed by atoms with E-state index in [9.17, 15) is 20.1 Å². The summed E-state index contributed by atoms with van der Waals surface area (Å²) in [4.78, 5) is 11.9. The molecule has 3 N–H and O–H groups in total. The summed E-state index contributed by atoms with van der Waals surface area (Å²) in [5, 5.41) is 29.8. The van der Waals surface area contributed by atoms with Crippen molar-refractivity contribution < 1.29 is 24.9 Å². The van der Waals surface area contributed by atoms with Crippen LogP contribution in [0.1, 0.15) is 34.1 Å². The predicted molar refractivity (Wildman–Crippen MR) is 66.2 cm³/mol. The molecule has 0 fully saturated rings. The Morgan fingerprint density at radius 1 is 1.33 bits per heavy atom. The second-order valence-corrected chi connectivity index (χ2v) is 5.00. The third-order valence-corrected chi connectivity index (χ3v) is 2.26. The maximum absolute atomic E-state index is 10.8. The number of hydrogen-bond acceptors (Lipinski definition) is 6. The Labute approximate surface area is 107 Å². The van der Waals surface area contributed by atoms with Crippen molar-refractivity contribution in [2.24, 2.45) is 0 Å². The molecule has 0 aromatic carbocycles. The van der Waals surface area contributed by atoms with Gasteiger partial charge in [-0.05, 0) is 27.7 Å². The van der Waals surface area contributed by atoms with E-state index < -0.39 is 23.6 Å². The minimum absolute atomic E-state index is 0.0331. The van der Waals surface area contributed by atoms with Crippen molar-refractivity contribution in [3.63, 3.8) is 0 Å². The van der Waals surface area contributed by atoms with Crippen LogP contribution in [0.5, 0.6) is 0 Å². The van der Waals surface area contributed by atoms with Crippen molar-refractivity contribution >= 4 is 5.97 Å². The van der Waals surface area contributed by atoms with E-state index >= 15 is 0 Å². The maximum atomic E-state index is 10.8. The summed E-state index contributed by atoms with van der Waals surface area (Å²) in [5.74, 6) is -0.583. The molecule has 0 saturated carbocycles. The lowest BCUT2D eigenvalue weighted by molar-refractivity contribution is -0.258. The first-order chi connectivity index (χ1) is 8.00. The highest BCUT2D eigenvalue weighted by Crippen LogP contribution is 2.24. The molecule has 0 aliphatic carbocycles. The average Bonchev–Trinajstić information content (AvgIpc) is 2.12. The highest BCUT2D eigenvalue weighted by molar-refractivity contribution is 5.81. The lowest BCUT2D eigenvalue weighted by Gasteiger charge is -2.45. The van der Waals surface area contributed by atoms with Crippen molar-refractivity contribution in [3.8, 4) is 0 Å². The summed E-state index contributed by atoms with van der Waals surface area (Å²) in [6, 6.07) is 0. The van der Waals surface area contributed by atoms with Crippen LogP contribution in [0.25, 0.3) is 0 Å². The minimum atomic E-state index is -1.42. The van der Waals surface area contributed by atoms with E-state index in [1.807, 2.05) is 0 Å². The smallest absolute Gasteiger partial charge is 0.330 e. The zero-order chi connectivity index (χ0) is 14.6. The molecule has 1 atom stereocenters. The van der Waals surface area contributed by atoms with Crippen LogP contribution in [-0.4, -0.2) is 50.5 Å². The summed E-state index contributed by atoms with van der Waals surface area (Å²) in [6.45, 7) is 9.00. The largest absolute Gasteiger partial charge is 0.462 e. The summed E-state index contributed by atoms with van der Waals surface area (Å²) >= 11 is 0. The van der Waals surface area contributed by atoms with Gasteiger partial charge in [0.15, 0.2) is 0 Å². The molecule has 0 aromatic rings. The molecule has 0 heterocycles. The first kappa shape index (κ1) is 17.1. The van der Waals surface area contributed by atoms with Gasteiger partial charge >= 0.3 is 5.97 Å². The maximum Gasteiger partial charge on any atom is 0.330 e. The highest BCUT2D eigenvalue weighted by atomic mass is 16.5. The van der Waals surface area contributed by atoms with Crippen LogP contribution in [0.15, 0.2) is 12.7 Å². The Bertz CT molecular complexity index is 276. The van der Waals surface area contributed by atoms with Crippen LogP contribution in [0, 0.1) is 0 Å². The molecule has 0 rings (SSSR count). The number of rotatable bonds is 7. The fourth-order valence-electron chi connectivity index (χ4n) is 1.85. The lowest BCUT2D eigenvalue weighted by atomic mass is 10.1. The summed E-state index contributed by atoms with van der Waals surface area (Å²) in [5.41, 5.74) is -2.83. The van der Waals surface area contributed by atoms with E-state index in [1.165, 1.54) is 27.7 Å². The Balaban J connectivity index is 4.55. The third kappa shape index (κ3) is 5.59. The van der Waals surface area contributed by atoms with Gasteiger partial charge in [-0.3, -0.25) is 0 Å². The zero-order valence-electron chi connectivity index (χ0n) is 11.4. The Kier molecular flexibility index (Phi) is 5.95. The lowest BCUT2D eigenvalue weighted by Crippen LogP contribution is -2.60. The van der Waals surface area contributed by atoms with Gasteiger partial charge in [-0.15, -0.1) is 0 Å². The topological polar surface area (TPSA) is 90.2 Å². The quantitative estimate of drug-likeness (QED) is 0.344. The SMILES string of the molecule is C=CC(=O)OCCC(O)N(C(C)(C)O)C(C)(C)O. The first-order valence-corrected chi connectivity index (χ1v) is 5.71. The molecule has 0 aromatic heterocycles. The molecule has 0 spiro atoms. The molecule has 1 unspecified atom stereocenters. The second kappa shape index (κ2) is 6.29. The van der Waals surface area contributed by atoms with E-state index in [1.54, 1.807) is 0 Å². The normalized spacial score (nSPS) is 14.4. The van der Waals surface area contributed by atoms with E-state index in [4.69, 9.17) is 4.74 Å². The Morgan fingerprint density at radius 3 is 2.11 bits per heavy atom. The number of ether oxygens (including phenoxy) is 1. The summed E-state index contributed by atoms with van der Waals surface area (Å²) < 4.78 is 4.73. The molecule has 0 saturated heterocycles. The van der Waals surface area contributed by atoms with Gasteiger partial charge in [0.2, 0.25) is 0 Å². The van der Waals surface area contributed by atoms with Crippen LogP contribution < -0.4 is 0 Å². The van der Waals surface area contributed by atoms with Crippen molar-refractivity contribution in [1.82, 2.24) is 4.90 Å². The van der Waals surface area contributed by atoms with E-state index in [0.29, 0.717) is 0 Å². The van der Waals surface area contributed by atoms with Crippen LogP contribution in [-0.2, 0) is 9.53 Å². The van der Waals surface area contributed by atoms with Crippen LogP contribution in [0.4, 0.5) is 0 Å². The Morgan fingerprint density at radius 2 is 1.78 bits per heavy atom. The number of hydrogen-bond donors (Lipinski definition) is 3. The van der Waals surface area contributed by atoms with E-state index in [0.717, 1.165) is 11.0 Å². The van der Waals surface area contributed by atoms with Crippen LogP contribution in [0.3, 0.4) is 0 Å². The fraction of sp³-hybridized carbons (Fsp3) is 0.750. The van der Waals surface area contributed by atoms with Gasteiger partial charge in [-0.2, -0.15) is 0 Å². The minimum Gasteiger partial charge on any atom is -0.462 e. The number of aliphatic hydroxyl groups is 3. The monoisotopic (exact) mass is 261 g/mol. The first-order valence-electron chi connectivity index (χ1n) is 5.71. The molecule has 6 nitrogen and oxygen atoms in total. The number of aliphatic hydroxyl groups excluding tert-OH is 1. The molecular formula is C12H23NO5. The van der Waals surface area contributed by atoms with Gasteiger partial charge < -0.3 is 20.1 Å². The number of carbonyl (C=O) groups excluding carboxylic acids is 1. The molecule has 0 radical (unpaired) electrons. The molecule has 18 heavy (non-hydrogen) atoms. The number of esters is 1. The van der Waals surface area contributed by atoms with Gasteiger partial charge in [0.1, 0.15) is 17.7 Å². The summed E-state index contributed by atoms with van der Waals surface area (Å²) in [7, 11) is 0. The van der Waals surface area contributed by atoms with Crippen molar-refractivity contribution in [1.29, 1.82) is 0 Å². The van der Waals surface area contributed by atoms with E-state index in [2.05, 4.69) is 6.58 Å². The molecule has 0 aliphatic rings. The van der Waals surface area contributed by atoms with Gasteiger partial charge in [0.25, 0.3) is 0 Å². The predicted octanol–water partition coefficient (Wildman–Crippen LogP) is 0.183. The Hall–Kier alpha value is -0.950. The molecule has 6 heteroatoms. The molecule has 106 valence electrons. The van der Waals surface area contributed by atoms with E-state index in [-0.39, 0.29) is 13.0 Å². The standard InChI is InChI=1S/C12H23NO5/c1-6-10(15)18-8-7-9(14)13(11(2,3)16)12(4,5)17/h6,9,14,16-17H,1,7-8H2,2-5H3. The summed E-state index contributed by atoms with van der Waals surface area (Å²) in [6.07, 6.45) is -0.0634. The van der Waals surface area contributed by atoms with Crippen molar-refractivity contribution in [2.45, 2.75) is 51.8 Å². The van der Waals surface area contributed by atoms with Crippen LogP contribution in [0.2, 0.25) is 0 Å². The molecule has 0 aliphatic heterocycles. The average molecular weight is 261 g/mol. The van der Waals surface area contributed by atoms with Gasteiger partial charge in [-0.25, -0.2) is 9.69 Å². The van der Waals surface area contributed by atoms with Crippen molar-refractivity contribution in [3.05, 3.63) is 12.7 Å². The third-order valence-electron chi connectivity index (χ3n) is 2.26.